The molecule has 0 unspecified atom stereocenters. The average Bonchev–Trinajstić information content (AvgIpc) is 2.40. The molecule has 5 N–H and O–H groups in total. The standard InChI is InChI=1S/C12H13Cl2N5/c1-17-11-4-10(18-12(16)19-11)7-3-9(14)8(13)2-6(7)5-15/h2-4H,5,15H2,1H3,(H3,16,17,18,19). The molecular weight excluding hydrogens is 285 g/mol. The van der Waals surface area contributed by atoms with E-state index in [1.165, 1.54) is 0 Å². The lowest BCUT2D eigenvalue weighted by Crippen LogP contribution is -2.04. The number of nitrogens with zero attached hydrogens (tertiary/aromatic N) is 2. The summed E-state index contributed by atoms with van der Waals surface area (Å²) in [4.78, 5) is 8.24. The smallest absolute Gasteiger partial charge is 0.222 e. The Bertz CT molecular complexity index is 615. The maximum Gasteiger partial charge on any atom is 0.222 e. The molecule has 0 spiro atoms. The van der Waals surface area contributed by atoms with Crippen LogP contribution in [-0.4, -0.2) is 17.0 Å². The lowest BCUT2D eigenvalue weighted by atomic mass is 10.0. The van der Waals surface area contributed by atoms with E-state index in [4.69, 9.17) is 34.7 Å². The second-order valence-corrected chi connectivity index (χ2v) is 4.69. The molecule has 0 saturated carbocycles. The largest absolute Gasteiger partial charge is 0.373 e. The van der Waals surface area contributed by atoms with Crippen molar-refractivity contribution in [2.24, 2.45) is 5.73 Å². The van der Waals surface area contributed by atoms with Gasteiger partial charge in [0.2, 0.25) is 5.95 Å². The van der Waals surface area contributed by atoms with Crippen LogP contribution < -0.4 is 16.8 Å². The van der Waals surface area contributed by atoms with Crippen molar-refractivity contribution in [3.05, 3.63) is 33.8 Å². The number of nitrogens with two attached hydrogens (primary N) is 2. The van der Waals surface area contributed by atoms with Crippen LogP contribution >= 0.6 is 23.2 Å². The summed E-state index contributed by atoms with van der Waals surface area (Å²) in [6.07, 6.45) is 0. The first-order chi connectivity index (χ1) is 9.05. The molecule has 0 aliphatic rings. The van der Waals surface area contributed by atoms with Gasteiger partial charge < -0.3 is 16.8 Å². The summed E-state index contributed by atoms with van der Waals surface area (Å²) in [6, 6.07) is 5.24. The zero-order valence-corrected chi connectivity index (χ0v) is 11.8. The summed E-state index contributed by atoms with van der Waals surface area (Å²) >= 11 is 12.0. The molecule has 0 radical (unpaired) electrons. The molecular formula is C12H13Cl2N5. The summed E-state index contributed by atoms with van der Waals surface area (Å²) in [6.45, 7) is 0.324. The second-order valence-electron chi connectivity index (χ2n) is 3.87. The third-order valence-electron chi connectivity index (χ3n) is 2.64. The number of rotatable bonds is 3. The molecule has 0 fully saturated rings. The van der Waals surface area contributed by atoms with Crippen molar-refractivity contribution in [2.75, 3.05) is 18.1 Å². The SMILES string of the molecule is CNc1cc(-c2cc(Cl)c(Cl)cc2CN)nc(N)n1. The van der Waals surface area contributed by atoms with E-state index in [9.17, 15) is 0 Å². The van der Waals surface area contributed by atoms with Crippen LogP contribution in [0.1, 0.15) is 5.56 Å². The number of nitrogens with one attached hydrogen (secondary N) is 1. The van der Waals surface area contributed by atoms with E-state index in [0.29, 0.717) is 28.1 Å². The Balaban J connectivity index is 2.63. The zero-order valence-electron chi connectivity index (χ0n) is 10.2. The third kappa shape index (κ3) is 2.89. The molecule has 7 heteroatoms. The van der Waals surface area contributed by atoms with Gasteiger partial charge in [-0.25, -0.2) is 4.98 Å². The number of aromatic nitrogens is 2. The van der Waals surface area contributed by atoms with Crippen molar-refractivity contribution < 1.29 is 0 Å². The highest BCUT2D eigenvalue weighted by molar-refractivity contribution is 6.42. The molecule has 0 amide bonds. The average molecular weight is 298 g/mol. The first kappa shape index (κ1) is 13.9. The molecule has 2 rings (SSSR count). The maximum atomic E-state index is 6.04. The van der Waals surface area contributed by atoms with E-state index in [1.807, 2.05) is 0 Å². The van der Waals surface area contributed by atoms with Crippen molar-refractivity contribution >= 4 is 35.0 Å². The predicted octanol–water partition coefficient (Wildman–Crippen LogP) is 2.53. The monoisotopic (exact) mass is 297 g/mol. The number of halogens is 2. The Labute approximate surface area is 120 Å². The summed E-state index contributed by atoms with van der Waals surface area (Å²) in [7, 11) is 1.75. The molecule has 0 aliphatic carbocycles. The van der Waals surface area contributed by atoms with Gasteiger partial charge in [0, 0.05) is 25.2 Å². The lowest BCUT2D eigenvalue weighted by molar-refractivity contribution is 1.07. The molecule has 1 heterocycles. The highest BCUT2D eigenvalue weighted by Crippen LogP contribution is 2.32. The van der Waals surface area contributed by atoms with Crippen LogP contribution in [0.4, 0.5) is 11.8 Å². The Hall–Kier alpha value is -1.56. The van der Waals surface area contributed by atoms with E-state index < -0.39 is 0 Å². The highest BCUT2D eigenvalue weighted by Gasteiger charge is 2.11. The van der Waals surface area contributed by atoms with E-state index in [0.717, 1.165) is 11.1 Å². The third-order valence-corrected chi connectivity index (χ3v) is 3.36. The Kier molecular flexibility index (Phi) is 4.09. The molecule has 1 aromatic heterocycles. The number of benzene rings is 1. The molecule has 1 aromatic carbocycles. The van der Waals surface area contributed by atoms with Crippen LogP contribution in [0, 0.1) is 0 Å². The van der Waals surface area contributed by atoms with Crippen molar-refractivity contribution in [1.29, 1.82) is 0 Å². The summed E-state index contributed by atoms with van der Waals surface area (Å²) in [5, 5.41) is 3.82. The van der Waals surface area contributed by atoms with Gasteiger partial charge in [0.05, 0.1) is 15.7 Å². The summed E-state index contributed by atoms with van der Waals surface area (Å²) in [5.74, 6) is 0.799. The topological polar surface area (TPSA) is 89.8 Å². The Morgan fingerprint density at radius 2 is 1.84 bits per heavy atom. The fourth-order valence-corrected chi connectivity index (χ4v) is 2.08. The molecule has 0 atom stereocenters. The van der Waals surface area contributed by atoms with E-state index in [1.54, 1.807) is 25.2 Å². The molecule has 0 aliphatic heterocycles. The minimum atomic E-state index is 0.177. The van der Waals surface area contributed by atoms with Gasteiger partial charge in [-0.1, -0.05) is 23.2 Å². The second kappa shape index (κ2) is 5.61. The van der Waals surface area contributed by atoms with Gasteiger partial charge in [-0.3, -0.25) is 0 Å². The number of nitrogen functional groups attached to an aromatic ring is 1. The quantitative estimate of drug-likeness (QED) is 0.810. The van der Waals surface area contributed by atoms with Crippen molar-refractivity contribution in [3.63, 3.8) is 0 Å². The van der Waals surface area contributed by atoms with Gasteiger partial charge in [0.1, 0.15) is 5.82 Å². The van der Waals surface area contributed by atoms with Gasteiger partial charge >= 0.3 is 0 Å². The predicted molar refractivity (Wildman–Crippen MR) is 79.3 cm³/mol. The van der Waals surface area contributed by atoms with Gasteiger partial charge in [0.25, 0.3) is 0 Å². The molecule has 100 valence electrons. The minimum Gasteiger partial charge on any atom is -0.373 e. The highest BCUT2D eigenvalue weighted by atomic mass is 35.5. The molecule has 2 aromatic rings. The summed E-state index contributed by atoms with van der Waals surface area (Å²) in [5.41, 5.74) is 13.7. The van der Waals surface area contributed by atoms with Crippen molar-refractivity contribution in [2.45, 2.75) is 6.54 Å². The van der Waals surface area contributed by atoms with Crippen LogP contribution in [0.15, 0.2) is 18.2 Å². The van der Waals surface area contributed by atoms with E-state index >= 15 is 0 Å². The van der Waals surface area contributed by atoms with Crippen LogP contribution in [0.5, 0.6) is 0 Å². The first-order valence-corrected chi connectivity index (χ1v) is 6.31. The van der Waals surface area contributed by atoms with Gasteiger partial charge in [-0.15, -0.1) is 0 Å². The van der Waals surface area contributed by atoms with Crippen LogP contribution in [0.2, 0.25) is 10.0 Å². The van der Waals surface area contributed by atoms with E-state index in [2.05, 4.69) is 15.3 Å². The van der Waals surface area contributed by atoms with Crippen molar-refractivity contribution in [3.8, 4) is 11.3 Å². The van der Waals surface area contributed by atoms with Crippen LogP contribution in [0.25, 0.3) is 11.3 Å². The number of hydrogen-bond acceptors (Lipinski definition) is 5. The van der Waals surface area contributed by atoms with Crippen LogP contribution in [0.3, 0.4) is 0 Å². The molecule has 19 heavy (non-hydrogen) atoms. The minimum absolute atomic E-state index is 0.177. The lowest BCUT2D eigenvalue weighted by Gasteiger charge is -2.11. The Morgan fingerprint density at radius 3 is 2.47 bits per heavy atom. The molecule has 5 nitrogen and oxygen atoms in total. The van der Waals surface area contributed by atoms with Gasteiger partial charge in [-0.2, -0.15) is 4.98 Å². The van der Waals surface area contributed by atoms with E-state index in [-0.39, 0.29) is 5.95 Å². The van der Waals surface area contributed by atoms with Crippen molar-refractivity contribution in [1.82, 2.24) is 9.97 Å². The molecule has 0 saturated heterocycles. The maximum absolute atomic E-state index is 6.04. The molecule has 0 bridgehead atoms. The first-order valence-electron chi connectivity index (χ1n) is 5.55. The fourth-order valence-electron chi connectivity index (χ4n) is 1.73. The zero-order chi connectivity index (χ0) is 14.0. The number of hydrogen-bond donors (Lipinski definition) is 3. The summed E-state index contributed by atoms with van der Waals surface area (Å²) < 4.78 is 0. The number of anilines is 2. The van der Waals surface area contributed by atoms with Gasteiger partial charge in [0.15, 0.2) is 0 Å². The fraction of sp³-hybridized carbons (Fsp3) is 0.167. The normalized spacial score (nSPS) is 10.5. The van der Waals surface area contributed by atoms with Gasteiger partial charge in [-0.05, 0) is 17.7 Å². The Morgan fingerprint density at radius 1 is 1.16 bits per heavy atom. The van der Waals surface area contributed by atoms with Crippen LogP contribution in [-0.2, 0) is 6.54 Å².